The van der Waals surface area contributed by atoms with E-state index in [9.17, 15) is 4.79 Å². The molecule has 0 saturated carbocycles. The third-order valence-corrected chi connectivity index (χ3v) is 4.90. The molecule has 0 radical (unpaired) electrons. The summed E-state index contributed by atoms with van der Waals surface area (Å²) in [5, 5.41) is 7.69. The van der Waals surface area contributed by atoms with E-state index in [1.807, 2.05) is 41.8 Å². The lowest BCUT2D eigenvalue weighted by molar-refractivity contribution is 0.102. The van der Waals surface area contributed by atoms with E-state index in [2.05, 4.69) is 15.3 Å². The van der Waals surface area contributed by atoms with Crippen LogP contribution < -0.4 is 5.32 Å². The Morgan fingerprint density at radius 1 is 1.00 bits per heavy atom. The van der Waals surface area contributed by atoms with Gasteiger partial charge in [0.2, 0.25) is 0 Å². The minimum atomic E-state index is -0.270. The average Bonchev–Trinajstić information content (AvgIpc) is 3.36. The van der Waals surface area contributed by atoms with Gasteiger partial charge in [0, 0.05) is 16.3 Å². The second-order valence-corrected chi connectivity index (χ2v) is 6.59. The predicted molar refractivity (Wildman–Crippen MR) is 95.3 cm³/mol. The Kier molecular flexibility index (Phi) is 3.94. The van der Waals surface area contributed by atoms with Gasteiger partial charge in [-0.1, -0.05) is 30.3 Å². The van der Waals surface area contributed by atoms with Gasteiger partial charge in [-0.15, -0.1) is 22.7 Å². The van der Waals surface area contributed by atoms with Crippen molar-refractivity contribution in [2.24, 2.45) is 0 Å². The highest BCUT2D eigenvalue weighted by Crippen LogP contribution is 2.27. The number of nitrogens with one attached hydrogen (secondary N) is 1. The predicted octanol–water partition coefficient (Wildman–Crippen LogP) is 4.78. The van der Waals surface area contributed by atoms with Crippen molar-refractivity contribution in [3.05, 3.63) is 65.2 Å². The van der Waals surface area contributed by atoms with Crippen LogP contribution in [0.1, 0.15) is 10.5 Å². The van der Waals surface area contributed by atoms with Crippen molar-refractivity contribution >= 4 is 33.7 Å². The molecule has 4 aromatic rings. The Bertz CT molecular complexity index is 959. The number of thiazole rings is 2. The first-order chi connectivity index (χ1) is 11.8. The lowest BCUT2D eigenvalue weighted by atomic mass is 10.2. The standard InChI is InChI=1S/C17H11N3O2S2/c21-15(13-10-23-16(18-13)11-5-2-1-3-6-11)20-17-19-12(9-24-17)14-7-4-8-22-14/h1-10H,(H,19,20,21). The summed E-state index contributed by atoms with van der Waals surface area (Å²) >= 11 is 2.79. The monoisotopic (exact) mass is 353 g/mol. The number of carbonyl (C=O) groups is 1. The third kappa shape index (κ3) is 2.99. The van der Waals surface area contributed by atoms with E-state index in [0.717, 1.165) is 10.6 Å². The van der Waals surface area contributed by atoms with Gasteiger partial charge in [-0.25, -0.2) is 9.97 Å². The van der Waals surface area contributed by atoms with Gasteiger partial charge >= 0.3 is 0 Å². The molecule has 118 valence electrons. The van der Waals surface area contributed by atoms with Crippen LogP contribution in [0.25, 0.3) is 22.0 Å². The molecule has 0 bridgehead atoms. The van der Waals surface area contributed by atoms with Crippen LogP contribution in [0.15, 0.2) is 63.9 Å². The summed E-state index contributed by atoms with van der Waals surface area (Å²) in [6, 6.07) is 13.4. The normalized spacial score (nSPS) is 10.7. The first-order valence-corrected chi connectivity index (χ1v) is 8.87. The molecular formula is C17H11N3O2S2. The van der Waals surface area contributed by atoms with Crippen molar-refractivity contribution < 1.29 is 9.21 Å². The van der Waals surface area contributed by atoms with E-state index in [0.29, 0.717) is 22.3 Å². The molecule has 24 heavy (non-hydrogen) atoms. The Morgan fingerprint density at radius 3 is 2.67 bits per heavy atom. The lowest BCUT2D eigenvalue weighted by Crippen LogP contribution is -2.12. The fourth-order valence-corrected chi connectivity index (χ4v) is 3.62. The van der Waals surface area contributed by atoms with E-state index in [4.69, 9.17) is 4.42 Å². The molecular weight excluding hydrogens is 342 g/mol. The van der Waals surface area contributed by atoms with Gasteiger partial charge in [0.05, 0.1) is 6.26 Å². The van der Waals surface area contributed by atoms with Gasteiger partial charge in [0.15, 0.2) is 10.9 Å². The molecule has 3 aromatic heterocycles. The Balaban J connectivity index is 1.50. The van der Waals surface area contributed by atoms with E-state index in [1.165, 1.54) is 22.7 Å². The van der Waals surface area contributed by atoms with Crippen LogP contribution in [0.2, 0.25) is 0 Å². The molecule has 0 aliphatic carbocycles. The number of furan rings is 1. The smallest absolute Gasteiger partial charge is 0.276 e. The molecule has 4 rings (SSSR count). The lowest BCUT2D eigenvalue weighted by Gasteiger charge is -1.98. The summed E-state index contributed by atoms with van der Waals surface area (Å²) in [5.41, 5.74) is 2.08. The highest BCUT2D eigenvalue weighted by molar-refractivity contribution is 7.14. The Labute approximate surface area is 145 Å². The maximum atomic E-state index is 12.3. The summed E-state index contributed by atoms with van der Waals surface area (Å²) in [4.78, 5) is 21.1. The Morgan fingerprint density at radius 2 is 1.88 bits per heavy atom. The summed E-state index contributed by atoms with van der Waals surface area (Å²) in [7, 11) is 0. The molecule has 5 nitrogen and oxygen atoms in total. The highest BCUT2D eigenvalue weighted by atomic mass is 32.1. The van der Waals surface area contributed by atoms with Crippen LogP contribution in [-0.2, 0) is 0 Å². The second-order valence-electron chi connectivity index (χ2n) is 4.87. The van der Waals surface area contributed by atoms with Crippen LogP contribution in [-0.4, -0.2) is 15.9 Å². The summed E-state index contributed by atoms with van der Waals surface area (Å²) in [5.74, 6) is 0.403. The van der Waals surface area contributed by atoms with E-state index < -0.39 is 0 Å². The maximum absolute atomic E-state index is 12.3. The molecule has 0 aliphatic rings. The van der Waals surface area contributed by atoms with Crippen molar-refractivity contribution in [2.75, 3.05) is 5.32 Å². The number of hydrogen-bond donors (Lipinski definition) is 1. The minimum absolute atomic E-state index is 0.270. The summed E-state index contributed by atoms with van der Waals surface area (Å²) in [6.07, 6.45) is 1.59. The Hall–Kier alpha value is -2.77. The zero-order chi connectivity index (χ0) is 16.4. The first kappa shape index (κ1) is 14.8. The zero-order valence-corrected chi connectivity index (χ0v) is 13.9. The number of amides is 1. The number of hydrogen-bond acceptors (Lipinski definition) is 6. The fourth-order valence-electron chi connectivity index (χ4n) is 2.12. The highest BCUT2D eigenvalue weighted by Gasteiger charge is 2.14. The third-order valence-electron chi connectivity index (χ3n) is 3.26. The number of carbonyl (C=O) groups excluding carboxylic acids is 1. The van der Waals surface area contributed by atoms with Gasteiger partial charge in [-0.3, -0.25) is 10.1 Å². The van der Waals surface area contributed by atoms with Gasteiger partial charge in [-0.2, -0.15) is 0 Å². The van der Waals surface area contributed by atoms with Crippen LogP contribution in [0.4, 0.5) is 5.13 Å². The average molecular weight is 353 g/mol. The molecule has 0 saturated heterocycles. The van der Waals surface area contributed by atoms with Crippen molar-refractivity contribution in [1.82, 2.24) is 9.97 Å². The molecule has 1 amide bonds. The molecule has 1 N–H and O–H groups in total. The quantitative estimate of drug-likeness (QED) is 0.573. The van der Waals surface area contributed by atoms with Gasteiger partial charge in [-0.05, 0) is 12.1 Å². The van der Waals surface area contributed by atoms with Crippen molar-refractivity contribution in [3.8, 4) is 22.0 Å². The van der Waals surface area contributed by atoms with Gasteiger partial charge < -0.3 is 4.42 Å². The maximum Gasteiger partial charge on any atom is 0.276 e. The van der Waals surface area contributed by atoms with Gasteiger partial charge in [0.25, 0.3) is 5.91 Å². The van der Waals surface area contributed by atoms with Crippen LogP contribution in [0, 0.1) is 0 Å². The number of anilines is 1. The molecule has 7 heteroatoms. The molecule has 0 unspecified atom stereocenters. The molecule has 0 atom stereocenters. The molecule has 0 spiro atoms. The molecule has 0 aliphatic heterocycles. The number of nitrogens with zero attached hydrogens (tertiary/aromatic N) is 2. The zero-order valence-electron chi connectivity index (χ0n) is 12.3. The van der Waals surface area contributed by atoms with Crippen LogP contribution in [0.3, 0.4) is 0 Å². The van der Waals surface area contributed by atoms with Crippen molar-refractivity contribution in [2.45, 2.75) is 0 Å². The SMILES string of the molecule is O=C(Nc1nc(-c2ccco2)cs1)c1csc(-c2ccccc2)n1. The minimum Gasteiger partial charge on any atom is -0.463 e. The first-order valence-electron chi connectivity index (χ1n) is 7.11. The topological polar surface area (TPSA) is 68.0 Å². The summed E-state index contributed by atoms with van der Waals surface area (Å²) in [6.45, 7) is 0. The van der Waals surface area contributed by atoms with E-state index in [-0.39, 0.29) is 5.91 Å². The largest absolute Gasteiger partial charge is 0.463 e. The fraction of sp³-hybridized carbons (Fsp3) is 0. The van der Waals surface area contributed by atoms with E-state index in [1.54, 1.807) is 17.7 Å². The van der Waals surface area contributed by atoms with Crippen LogP contribution >= 0.6 is 22.7 Å². The van der Waals surface area contributed by atoms with E-state index >= 15 is 0 Å². The van der Waals surface area contributed by atoms with Crippen LogP contribution in [0.5, 0.6) is 0 Å². The van der Waals surface area contributed by atoms with Crippen molar-refractivity contribution in [3.63, 3.8) is 0 Å². The molecule has 1 aromatic carbocycles. The number of benzene rings is 1. The van der Waals surface area contributed by atoms with Gasteiger partial charge in [0.1, 0.15) is 16.4 Å². The molecule has 3 heterocycles. The molecule has 0 fully saturated rings. The second kappa shape index (κ2) is 6.38. The van der Waals surface area contributed by atoms with Crippen molar-refractivity contribution in [1.29, 1.82) is 0 Å². The number of rotatable bonds is 4. The number of aromatic nitrogens is 2. The summed E-state index contributed by atoms with van der Waals surface area (Å²) < 4.78 is 5.30.